The van der Waals surface area contributed by atoms with Crippen molar-refractivity contribution in [1.29, 1.82) is 0 Å². The fourth-order valence-electron chi connectivity index (χ4n) is 3.51. The molecule has 1 saturated heterocycles. The lowest BCUT2D eigenvalue weighted by molar-refractivity contribution is 0.0520. The SMILES string of the molecule is CCOC(=O)c1nc2ccccc2nc1N1CCN(S(=O)(=O)c2ccc(F)cc2F)CC1. The summed E-state index contributed by atoms with van der Waals surface area (Å²) in [5.41, 5.74) is 1.16. The van der Waals surface area contributed by atoms with E-state index in [0.717, 1.165) is 16.4 Å². The fourth-order valence-corrected chi connectivity index (χ4v) is 4.98. The van der Waals surface area contributed by atoms with Gasteiger partial charge in [-0.25, -0.2) is 32.0 Å². The Morgan fingerprint density at radius 1 is 1.03 bits per heavy atom. The number of para-hydroxylation sites is 2. The van der Waals surface area contributed by atoms with E-state index >= 15 is 0 Å². The summed E-state index contributed by atoms with van der Waals surface area (Å²) < 4.78 is 59.2. The number of halogens is 2. The molecule has 3 aromatic rings. The molecule has 0 saturated carbocycles. The summed E-state index contributed by atoms with van der Waals surface area (Å²) in [5, 5.41) is 0. The van der Waals surface area contributed by atoms with Crippen molar-refractivity contribution in [2.24, 2.45) is 0 Å². The third-order valence-corrected chi connectivity index (χ3v) is 7.00. The highest BCUT2D eigenvalue weighted by Gasteiger charge is 2.33. The Balaban J connectivity index is 1.61. The molecule has 8 nitrogen and oxygen atoms in total. The van der Waals surface area contributed by atoms with Crippen LogP contribution in [-0.4, -0.2) is 61.4 Å². The molecule has 11 heteroatoms. The Bertz CT molecular complexity index is 1280. The number of carbonyl (C=O) groups excluding carboxylic acids is 1. The predicted molar refractivity (Wildman–Crippen MR) is 113 cm³/mol. The minimum atomic E-state index is -4.15. The Morgan fingerprint density at radius 2 is 1.69 bits per heavy atom. The van der Waals surface area contributed by atoms with E-state index in [1.54, 1.807) is 36.1 Å². The van der Waals surface area contributed by atoms with Crippen molar-refractivity contribution in [3.8, 4) is 0 Å². The lowest BCUT2D eigenvalue weighted by atomic mass is 10.2. The van der Waals surface area contributed by atoms with Gasteiger partial charge in [-0.1, -0.05) is 12.1 Å². The number of ether oxygens (including phenoxy) is 1. The summed E-state index contributed by atoms with van der Waals surface area (Å²) >= 11 is 0. The van der Waals surface area contributed by atoms with Crippen molar-refractivity contribution in [3.05, 3.63) is 59.8 Å². The lowest BCUT2D eigenvalue weighted by Gasteiger charge is -2.35. The van der Waals surface area contributed by atoms with Gasteiger partial charge in [-0.05, 0) is 31.2 Å². The van der Waals surface area contributed by atoms with Gasteiger partial charge in [0, 0.05) is 32.2 Å². The topological polar surface area (TPSA) is 92.7 Å². The van der Waals surface area contributed by atoms with E-state index in [2.05, 4.69) is 9.97 Å². The smallest absolute Gasteiger partial charge is 0.360 e. The summed E-state index contributed by atoms with van der Waals surface area (Å²) in [5.74, 6) is -2.32. The Kier molecular flexibility index (Phi) is 6.02. The Morgan fingerprint density at radius 3 is 2.31 bits per heavy atom. The third-order valence-electron chi connectivity index (χ3n) is 5.07. The van der Waals surface area contributed by atoms with E-state index in [1.165, 1.54) is 0 Å². The number of sulfonamides is 1. The van der Waals surface area contributed by atoms with Crippen molar-refractivity contribution in [2.45, 2.75) is 11.8 Å². The summed E-state index contributed by atoms with van der Waals surface area (Å²) in [7, 11) is -4.15. The fraction of sp³-hybridized carbons (Fsp3) is 0.286. The van der Waals surface area contributed by atoms with Crippen LogP contribution in [0, 0.1) is 11.6 Å². The maximum absolute atomic E-state index is 14.1. The van der Waals surface area contributed by atoms with E-state index in [0.29, 0.717) is 22.9 Å². The first-order valence-electron chi connectivity index (χ1n) is 9.95. The number of nitrogens with zero attached hydrogens (tertiary/aromatic N) is 4. The van der Waals surface area contributed by atoms with E-state index < -0.39 is 32.5 Å². The van der Waals surface area contributed by atoms with Crippen LogP contribution in [0.15, 0.2) is 47.4 Å². The molecule has 0 aliphatic carbocycles. The highest BCUT2D eigenvalue weighted by atomic mass is 32.2. The maximum Gasteiger partial charge on any atom is 0.360 e. The van der Waals surface area contributed by atoms with E-state index in [1.807, 2.05) is 0 Å². The number of esters is 1. The second-order valence-electron chi connectivity index (χ2n) is 7.07. The standard InChI is InChI=1S/C21H20F2N4O4S/c1-2-31-21(28)19-20(25-17-6-4-3-5-16(17)24-19)26-9-11-27(12-10-26)32(29,30)18-8-7-14(22)13-15(18)23/h3-8,13H,2,9-12H2,1H3. The van der Waals surface area contributed by atoms with E-state index in [4.69, 9.17) is 4.74 Å². The minimum Gasteiger partial charge on any atom is -0.461 e. The van der Waals surface area contributed by atoms with Crippen molar-refractivity contribution in [3.63, 3.8) is 0 Å². The molecule has 0 spiro atoms. The molecule has 168 valence electrons. The largest absolute Gasteiger partial charge is 0.461 e. The molecule has 0 bridgehead atoms. The molecule has 2 heterocycles. The van der Waals surface area contributed by atoms with E-state index in [9.17, 15) is 22.0 Å². The zero-order chi connectivity index (χ0) is 22.9. The summed E-state index contributed by atoms with van der Waals surface area (Å²) in [6.07, 6.45) is 0. The highest BCUT2D eigenvalue weighted by molar-refractivity contribution is 7.89. The number of hydrogen-bond donors (Lipinski definition) is 0. The monoisotopic (exact) mass is 462 g/mol. The number of anilines is 1. The zero-order valence-electron chi connectivity index (χ0n) is 17.2. The third kappa shape index (κ3) is 4.13. The molecule has 1 fully saturated rings. The first kappa shape index (κ1) is 22.0. The molecule has 0 unspecified atom stereocenters. The molecule has 1 aliphatic heterocycles. The van der Waals surface area contributed by atoms with Gasteiger partial charge in [-0.15, -0.1) is 0 Å². The molecular weight excluding hydrogens is 442 g/mol. The van der Waals surface area contributed by atoms with Gasteiger partial charge in [0.05, 0.1) is 17.6 Å². The molecule has 1 aromatic heterocycles. The van der Waals surface area contributed by atoms with Gasteiger partial charge in [-0.3, -0.25) is 0 Å². The minimum absolute atomic E-state index is 0.0237. The van der Waals surface area contributed by atoms with Gasteiger partial charge in [0.2, 0.25) is 10.0 Å². The second kappa shape index (κ2) is 8.75. The van der Waals surface area contributed by atoms with Crippen LogP contribution >= 0.6 is 0 Å². The van der Waals surface area contributed by atoms with Crippen LogP contribution in [0.1, 0.15) is 17.4 Å². The number of carbonyl (C=O) groups is 1. The molecule has 0 atom stereocenters. The van der Waals surface area contributed by atoms with Crippen LogP contribution in [0.25, 0.3) is 11.0 Å². The first-order chi connectivity index (χ1) is 15.3. The molecule has 0 amide bonds. The molecule has 4 rings (SSSR count). The molecule has 32 heavy (non-hydrogen) atoms. The predicted octanol–water partition coefficient (Wildman–Crippen LogP) is 2.60. The lowest BCUT2D eigenvalue weighted by Crippen LogP contribution is -2.49. The van der Waals surface area contributed by atoms with Crippen LogP contribution in [0.4, 0.5) is 14.6 Å². The first-order valence-corrected chi connectivity index (χ1v) is 11.4. The maximum atomic E-state index is 14.1. The average molecular weight is 462 g/mol. The number of hydrogen-bond acceptors (Lipinski definition) is 7. The van der Waals surface area contributed by atoms with Crippen molar-refractivity contribution < 1.29 is 26.7 Å². The Hall–Kier alpha value is -3.18. The summed E-state index contributed by atoms with van der Waals surface area (Å²) in [6, 6.07) is 9.44. The molecule has 0 N–H and O–H groups in total. The number of benzene rings is 2. The summed E-state index contributed by atoms with van der Waals surface area (Å²) in [4.78, 5) is 22.6. The normalized spacial score (nSPS) is 15.2. The van der Waals surface area contributed by atoms with Gasteiger partial charge < -0.3 is 9.64 Å². The molecule has 0 radical (unpaired) electrons. The van der Waals surface area contributed by atoms with Crippen LogP contribution in [0.3, 0.4) is 0 Å². The van der Waals surface area contributed by atoms with Gasteiger partial charge in [0.1, 0.15) is 16.5 Å². The van der Waals surface area contributed by atoms with Crippen molar-refractivity contribution in [2.75, 3.05) is 37.7 Å². The highest BCUT2D eigenvalue weighted by Crippen LogP contribution is 2.26. The second-order valence-corrected chi connectivity index (χ2v) is 8.98. The zero-order valence-corrected chi connectivity index (χ0v) is 18.0. The van der Waals surface area contributed by atoms with Crippen LogP contribution in [-0.2, 0) is 14.8 Å². The van der Waals surface area contributed by atoms with Crippen molar-refractivity contribution in [1.82, 2.24) is 14.3 Å². The van der Waals surface area contributed by atoms with Gasteiger partial charge in [0.15, 0.2) is 11.5 Å². The quantitative estimate of drug-likeness (QED) is 0.538. The molecular formula is C21H20F2N4O4S. The van der Waals surface area contributed by atoms with Crippen LogP contribution in [0.2, 0.25) is 0 Å². The van der Waals surface area contributed by atoms with Crippen molar-refractivity contribution >= 4 is 32.8 Å². The number of fused-ring (bicyclic) bond motifs is 1. The van der Waals surface area contributed by atoms with Crippen LogP contribution in [0.5, 0.6) is 0 Å². The van der Waals surface area contributed by atoms with Gasteiger partial charge in [0.25, 0.3) is 0 Å². The molecule has 2 aromatic carbocycles. The summed E-state index contributed by atoms with van der Waals surface area (Å²) in [6.45, 7) is 2.29. The van der Waals surface area contributed by atoms with Gasteiger partial charge >= 0.3 is 5.97 Å². The van der Waals surface area contributed by atoms with E-state index in [-0.39, 0.29) is 38.5 Å². The van der Waals surface area contributed by atoms with Crippen LogP contribution < -0.4 is 4.90 Å². The average Bonchev–Trinajstić information content (AvgIpc) is 2.78. The number of piperazine rings is 1. The number of rotatable bonds is 5. The number of aromatic nitrogens is 2. The molecule has 1 aliphatic rings. The van der Waals surface area contributed by atoms with Gasteiger partial charge in [-0.2, -0.15) is 4.31 Å². The Labute approximate surface area is 183 Å².